The Bertz CT molecular complexity index is 2140. The maximum absolute atomic E-state index is 5.14. The molecular formula is C40H29N3. The highest BCUT2D eigenvalue weighted by molar-refractivity contribution is 6.25. The summed E-state index contributed by atoms with van der Waals surface area (Å²) in [6.07, 6.45) is -0.160. The second kappa shape index (κ2) is 10.4. The van der Waals surface area contributed by atoms with Crippen molar-refractivity contribution in [3.63, 3.8) is 0 Å². The lowest BCUT2D eigenvalue weighted by molar-refractivity contribution is 0.383. The molecule has 1 aliphatic heterocycles. The highest BCUT2D eigenvalue weighted by Gasteiger charge is 2.26. The number of amidine groups is 2. The number of nitrogens with zero attached hydrogens (tertiary/aromatic N) is 3. The molecule has 0 saturated carbocycles. The molecule has 1 aliphatic rings. The summed E-state index contributed by atoms with van der Waals surface area (Å²) in [4.78, 5) is 12.4. The van der Waals surface area contributed by atoms with Crippen LogP contribution in [0.15, 0.2) is 162 Å². The summed E-state index contributed by atoms with van der Waals surface area (Å²) in [5, 5.41) is 7.72. The molecule has 7 aromatic carbocycles. The van der Waals surface area contributed by atoms with E-state index in [1.165, 1.54) is 43.4 Å². The third-order valence-corrected chi connectivity index (χ3v) is 8.51. The van der Waals surface area contributed by atoms with Crippen molar-refractivity contribution in [2.45, 2.75) is 6.17 Å². The zero-order chi connectivity index (χ0) is 28.8. The van der Waals surface area contributed by atoms with Gasteiger partial charge in [0.2, 0.25) is 0 Å². The second-order valence-electron chi connectivity index (χ2n) is 11.1. The summed E-state index contributed by atoms with van der Waals surface area (Å²) >= 11 is 0. The van der Waals surface area contributed by atoms with Crippen LogP contribution in [0, 0.1) is 0 Å². The number of fused-ring (bicyclic) bond motifs is 6. The maximum Gasteiger partial charge on any atom is 0.159 e. The highest BCUT2D eigenvalue weighted by atomic mass is 15.3. The van der Waals surface area contributed by atoms with E-state index in [4.69, 9.17) is 9.98 Å². The number of rotatable bonds is 4. The maximum atomic E-state index is 5.14. The first-order valence-electron chi connectivity index (χ1n) is 14.7. The Kier molecular flexibility index (Phi) is 6.08. The van der Waals surface area contributed by atoms with Crippen LogP contribution in [0.4, 0.5) is 0 Å². The van der Waals surface area contributed by atoms with Gasteiger partial charge in [-0.25, -0.2) is 9.98 Å². The van der Waals surface area contributed by atoms with Crippen LogP contribution in [0.25, 0.3) is 43.4 Å². The van der Waals surface area contributed by atoms with Crippen molar-refractivity contribution < 1.29 is 0 Å². The quantitative estimate of drug-likeness (QED) is 0.200. The first kappa shape index (κ1) is 25.2. The Balaban J connectivity index is 1.21. The van der Waals surface area contributed by atoms with Gasteiger partial charge in [-0.2, -0.15) is 0 Å². The lowest BCUT2D eigenvalue weighted by atomic mass is 9.92. The first-order valence-corrected chi connectivity index (χ1v) is 14.7. The monoisotopic (exact) mass is 551 g/mol. The Morgan fingerprint density at radius 3 is 1.56 bits per heavy atom. The van der Waals surface area contributed by atoms with E-state index in [1.54, 1.807) is 0 Å². The summed E-state index contributed by atoms with van der Waals surface area (Å²) in [5.74, 6) is 1.66. The molecule has 0 spiro atoms. The van der Waals surface area contributed by atoms with Gasteiger partial charge in [0.1, 0.15) is 12.0 Å². The normalized spacial score (nSPS) is 15.1. The van der Waals surface area contributed by atoms with Gasteiger partial charge in [0.05, 0.1) is 0 Å². The van der Waals surface area contributed by atoms with Crippen LogP contribution in [-0.4, -0.2) is 23.6 Å². The molecule has 0 fully saturated rings. The van der Waals surface area contributed by atoms with E-state index in [1.807, 2.05) is 12.1 Å². The predicted octanol–water partition coefficient (Wildman–Crippen LogP) is 9.65. The molecule has 0 bridgehead atoms. The Morgan fingerprint density at radius 2 is 0.930 bits per heavy atom. The molecule has 0 aliphatic carbocycles. The van der Waals surface area contributed by atoms with Gasteiger partial charge in [-0.15, -0.1) is 0 Å². The molecule has 43 heavy (non-hydrogen) atoms. The van der Waals surface area contributed by atoms with Crippen molar-refractivity contribution in [2.75, 3.05) is 7.05 Å². The topological polar surface area (TPSA) is 28.0 Å². The average molecular weight is 552 g/mol. The molecule has 204 valence electrons. The van der Waals surface area contributed by atoms with Gasteiger partial charge in [0.15, 0.2) is 5.84 Å². The molecule has 0 N–H and O–H groups in total. The fourth-order valence-corrected chi connectivity index (χ4v) is 6.34. The van der Waals surface area contributed by atoms with Crippen LogP contribution in [0.1, 0.15) is 22.9 Å². The van der Waals surface area contributed by atoms with Crippen molar-refractivity contribution in [1.82, 2.24) is 4.90 Å². The molecule has 0 aromatic heterocycles. The summed E-state index contributed by atoms with van der Waals surface area (Å²) in [5.41, 5.74) is 5.58. The zero-order valence-electron chi connectivity index (χ0n) is 23.9. The van der Waals surface area contributed by atoms with Crippen molar-refractivity contribution in [1.29, 1.82) is 0 Å². The minimum Gasteiger partial charge on any atom is -0.333 e. The molecule has 0 radical (unpaired) electrons. The van der Waals surface area contributed by atoms with Gasteiger partial charge in [-0.3, -0.25) is 0 Å². The molecule has 1 atom stereocenters. The van der Waals surface area contributed by atoms with Crippen molar-refractivity contribution in [2.24, 2.45) is 9.98 Å². The fourth-order valence-electron chi connectivity index (χ4n) is 6.34. The van der Waals surface area contributed by atoms with Gasteiger partial charge in [-0.05, 0) is 55.1 Å². The largest absolute Gasteiger partial charge is 0.333 e. The average Bonchev–Trinajstić information content (AvgIpc) is 3.09. The second-order valence-corrected chi connectivity index (χ2v) is 11.1. The Morgan fingerprint density at radius 1 is 0.442 bits per heavy atom. The molecule has 1 unspecified atom stereocenters. The molecule has 3 heteroatoms. The van der Waals surface area contributed by atoms with Crippen LogP contribution in [-0.2, 0) is 0 Å². The van der Waals surface area contributed by atoms with Crippen molar-refractivity contribution in [3.8, 4) is 11.1 Å². The van der Waals surface area contributed by atoms with E-state index in [0.29, 0.717) is 0 Å². The lowest BCUT2D eigenvalue weighted by Crippen LogP contribution is -2.35. The summed E-state index contributed by atoms with van der Waals surface area (Å²) < 4.78 is 0. The van der Waals surface area contributed by atoms with E-state index >= 15 is 0 Å². The molecule has 8 rings (SSSR count). The minimum atomic E-state index is -0.160. The van der Waals surface area contributed by atoms with Gasteiger partial charge in [0, 0.05) is 18.2 Å². The molecule has 0 amide bonds. The van der Waals surface area contributed by atoms with Gasteiger partial charge < -0.3 is 4.90 Å². The summed E-state index contributed by atoms with van der Waals surface area (Å²) in [7, 11) is 2.07. The Labute approximate surface area is 251 Å². The molecular weight excluding hydrogens is 522 g/mol. The number of hydrogen-bond donors (Lipinski definition) is 0. The fraction of sp³-hybridized carbons (Fsp3) is 0.0500. The van der Waals surface area contributed by atoms with Gasteiger partial charge in [0.25, 0.3) is 0 Å². The highest BCUT2D eigenvalue weighted by Crippen LogP contribution is 2.37. The molecule has 3 nitrogen and oxygen atoms in total. The summed E-state index contributed by atoms with van der Waals surface area (Å²) in [6.45, 7) is 0. The van der Waals surface area contributed by atoms with Crippen LogP contribution < -0.4 is 0 Å². The lowest BCUT2D eigenvalue weighted by Gasteiger charge is -2.32. The molecule has 7 aromatic rings. The summed E-state index contributed by atoms with van der Waals surface area (Å²) in [6, 6.07) is 53.8. The molecule has 0 saturated heterocycles. The van der Waals surface area contributed by atoms with Crippen LogP contribution in [0.5, 0.6) is 0 Å². The SMILES string of the molecule is CN1C(c2ccccc2)=NC(c2ccc(-c3ccc4c5ccccc5c5ccccc5c4c3)cc2)=NC1c1ccccc1. The Hall–Kier alpha value is -5.54. The third-order valence-electron chi connectivity index (χ3n) is 8.51. The van der Waals surface area contributed by atoms with Gasteiger partial charge >= 0.3 is 0 Å². The van der Waals surface area contributed by atoms with Crippen LogP contribution in [0.3, 0.4) is 0 Å². The van der Waals surface area contributed by atoms with Gasteiger partial charge in [-0.1, -0.05) is 146 Å². The van der Waals surface area contributed by atoms with Crippen molar-refractivity contribution >= 4 is 44.0 Å². The smallest absolute Gasteiger partial charge is 0.159 e. The zero-order valence-corrected chi connectivity index (χ0v) is 23.9. The van der Waals surface area contributed by atoms with E-state index in [2.05, 4.69) is 151 Å². The number of aliphatic imine (C=N–C) groups is 2. The van der Waals surface area contributed by atoms with E-state index in [9.17, 15) is 0 Å². The van der Waals surface area contributed by atoms with Crippen LogP contribution in [0.2, 0.25) is 0 Å². The van der Waals surface area contributed by atoms with Crippen molar-refractivity contribution in [3.05, 3.63) is 168 Å². The van der Waals surface area contributed by atoms with E-state index < -0.39 is 0 Å². The van der Waals surface area contributed by atoms with Crippen LogP contribution >= 0.6 is 0 Å². The number of hydrogen-bond acceptors (Lipinski definition) is 3. The number of benzene rings is 7. The first-order chi connectivity index (χ1) is 21.2. The van der Waals surface area contributed by atoms with E-state index in [0.717, 1.165) is 28.4 Å². The molecule has 1 heterocycles. The predicted molar refractivity (Wildman–Crippen MR) is 181 cm³/mol. The van der Waals surface area contributed by atoms with E-state index in [-0.39, 0.29) is 6.17 Å². The standard InChI is InChI=1S/C40H29N3/c1-43-39(29-12-4-2-5-13-29)41-38(42-40(43)30-14-6-3-7-15-30)28-22-20-27(21-23-28)31-24-25-36-34-18-9-8-16-32(34)33-17-10-11-19-35(33)37(36)26-31/h2-26,39H,1H3. The minimum absolute atomic E-state index is 0.160. The third kappa shape index (κ3) is 4.38.